The molecule has 1 unspecified atom stereocenters. The van der Waals surface area contributed by atoms with Gasteiger partial charge in [0.2, 0.25) is 0 Å². The summed E-state index contributed by atoms with van der Waals surface area (Å²) < 4.78 is 66.3. The van der Waals surface area contributed by atoms with Crippen molar-refractivity contribution in [2.24, 2.45) is 0 Å². The third-order valence-electron chi connectivity index (χ3n) is 7.94. The number of rotatable bonds is 9. The zero-order valence-electron chi connectivity index (χ0n) is 25.1. The van der Waals surface area contributed by atoms with Crippen molar-refractivity contribution in [3.63, 3.8) is 0 Å². The largest absolute Gasteiger partial charge is 0.484 e. The smallest absolute Gasteiger partial charge is 0.321 e. The van der Waals surface area contributed by atoms with Crippen LogP contribution >= 0.6 is 10.6 Å². The van der Waals surface area contributed by atoms with Crippen LogP contribution in [0.4, 0.5) is 8.78 Å². The van der Waals surface area contributed by atoms with Gasteiger partial charge in [0, 0.05) is 35.2 Å². The second-order valence-electron chi connectivity index (χ2n) is 11.6. The van der Waals surface area contributed by atoms with Crippen LogP contribution in [0.1, 0.15) is 47.9 Å². The Bertz CT molecular complexity index is 1780. The summed E-state index contributed by atoms with van der Waals surface area (Å²) in [5.74, 6) is -3.86. The number of halogens is 2. The van der Waals surface area contributed by atoms with Gasteiger partial charge in [-0.15, -0.1) is 0 Å². The molecule has 1 saturated heterocycles. The van der Waals surface area contributed by atoms with Crippen molar-refractivity contribution in [2.45, 2.75) is 51.0 Å². The molecule has 0 spiro atoms. The molecule has 0 radical (unpaired) electrons. The van der Waals surface area contributed by atoms with E-state index in [2.05, 4.69) is 15.7 Å². The summed E-state index contributed by atoms with van der Waals surface area (Å²) in [5.41, 5.74) is 3.21. The van der Waals surface area contributed by atoms with Crippen LogP contribution in [0, 0.1) is 0 Å². The molecule has 4 aromatic rings. The minimum absolute atomic E-state index is 0.0833. The van der Waals surface area contributed by atoms with E-state index in [1.54, 1.807) is 66.3 Å². The zero-order chi connectivity index (χ0) is 32.6. The molecule has 1 aromatic heterocycles. The molecule has 1 fully saturated rings. The van der Waals surface area contributed by atoms with Gasteiger partial charge in [0.25, 0.3) is 11.8 Å². The Hall–Kier alpha value is -4.24. The normalized spacial score (nSPS) is 19.4. The summed E-state index contributed by atoms with van der Waals surface area (Å²) in [4.78, 5) is 25.1. The van der Waals surface area contributed by atoms with Gasteiger partial charge in [-0.1, -0.05) is 18.2 Å². The molecule has 3 atom stereocenters. The topological polar surface area (TPSA) is 144 Å². The average molecular weight is 657 g/mol. The van der Waals surface area contributed by atoms with Crippen molar-refractivity contribution in [2.75, 3.05) is 18.3 Å². The molecule has 0 bridgehead atoms. The number of carbonyl (C=O) groups excluding carboxylic acids is 2. The van der Waals surface area contributed by atoms with Crippen molar-refractivity contribution in [3.8, 4) is 17.2 Å². The minimum atomic E-state index is -3.57. The van der Waals surface area contributed by atoms with Crippen LogP contribution in [-0.4, -0.2) is 67.0 Å². The Labute approximate surface area is 265 Å². The molecule has 3 aromatic carbocycles. The van der Waals surface area contributed by atoms with E-state index in [0.29, 0.717) is 53.7 Å². The molecule has 11 nitrogen and oxygen atoms in total. The molecular formula is C32H34F2N4O7S. The lowest BCUT2D eigenvalue weighted by molar-refractivity contribution is -0.144. The molecular weight excluding hydrogens is 622 g/mol. The van der Waals surface area contributed by atoms with E-state index in [0.717, 1.165) is 11.1 Å². The van der Waals surface area contributed by atoms with Crippen molar-refractivity contribution < 1.29 is 41.7 Å². The Balaban J connectivity index is 1.24. The van der Waals surface area contributed by atoms with E-state index in [9.17, 15) is 27.5 Å². The first-order valence-corrected chi connectivity index (χ1v) is 16.6. The highest BCUT2D eigenvalue weighted by molar-refractivity contribution is 8.24. The molecule has 4 N–H and O–H groups in total. The molecule has 2 aliphatic rings. The lowest BCUT2D eigenvalue weighted by Gasteiger charge is -2.28. The average Bonchev–Trinajstić information content (AvgIpc) is 3.60. The monoisotopic (exact) mass is 656 g/mol. The van der Waals surface area contributed by atoms with Gasteiger partial charge < -0.3 is 24.8 Å². The second-order valence-corrected chi connectivity index (χ2v) is 14.0. The first-order chi connectivity index (χ1) is 21.9. The predicted octanol–water partition coefficient (Wildman–Crippen LogP) is 5.42. The number of alkyl halides is 2. The maximum atomic E-state index is 13.8. The summed E-state index contributed by atoms with van der Waals surface area (Å²) in [7, 11) is -2.64. The molecule has 0 saturated carbocycles. The molecule has 3 heterocycles. The lowest BCUT2D eigenvalue weighted by Crippen LogP contribution is -2.46. The van der Waals surface area contributed by atoms with E-state index in [4.69, 9.17) is 14.2 Å². The summed E-state index contributed by atoms with van der Waals surface area (Å²) >= 11 is 0. The predicted molar refractivity (Wildman–Crippen MR) is 168 cm³/mol. The highest BCUT2D eigenvalue weighted by Gasteiger charge is 2.35. The minimum Gasteiger partial charge on any atom is -0.484 e. The van der Waals surface area contributed by atoms with E-state index in [1.807, 2.05) is 12.1 Å². The van der Waals surface area contributed by atoms with Crippen LogP contribution in [0.5, 0.6) is 11.5 Å². The van der Waals surface area contributed by atoms with Crippen molar-refractivity contribution in [3.05, 3.63) is 83.6 Å². The number of nitrogens with one attached hydrogen (secondary N) is 2. The van der Waals surface area contributed by atoms with Gasteiger partial charge >= 0.3 is 5.92 Å². The number of benzene rings is 3. The second kappa shape index (κ2) is 12.5. The summed E-state index contributed by atoms with van der Waals surface area (Å²) in [6.45, 7) is 2.59. The lowest BCUT2D eigenvalue weighted by atomic mass is 10.00. The fourth-order valence-electron chi connectivity index (χ4n) is 5.54. The summed E-state index contributed by atoms with van der Waals surface area (Å²) in [6.07, 6.45) is 1.30. The first-order valence-electron chi connectivity index (χ1n) is 14.7. The fraction of sp³-hybridized carbons (Fsp3) is 0.344. The number of hydrogen-bond donors (Lipinski definition) is 4. The van der Waals surface area contributed by atoms with Gasteiger partial charge in [-0.25, -0.2) is 4.68 Å². The van der Waals surface area contributed by atoms with E-state index < -0.39 is 34.6 Å². The van der Waals surface area contributed by atoms with E-state index >= 15 is 0 Å². The third-order valence-corrected chi connectivity index (χ3v) is 9.76. The number of nitrogens with zero attached hydrogens (tertiary/aromatic N) is 2. The van der Waals surface area contributed by atoms with Gasteiger partial charge in [0.15, 0.2) is 6.79 Å². The van der Waals surface area contributed by atoms with Crippen molar-refractivity contribution >= 4 is 33.3 Å². The van der Waals surface area contributed by atoms with E-state index in [1.165, 1.54) is 0 Å². The third kappa shape index (κ3) is 6.94. The number of hydrogen-bond acceptors (Lipinski definition) is 8. The molecule has 2 amide bonds. The number of carbonyl (C=O) groups is 2. The molecule has 2 aliphatic heterocycles. The van der Waals surface area contributed by atoms with Crippen LogP contribution in [-0.2, 0) is 16.1 Å². The summed E-state index contributed by atoms with van der Waals surface area (Å²) in [5, 5.41) is 10.5. The highest BCUT2D eigenvalue weighted by Crippen LogP contribution is 2.45. The van der Waals surface area contributed by atoms with Crippen LogP contribution < -0.4 is 20.1 Å². The Morgan fingerprint density at radius 3 is 2.74 bits per heavy atom. The number of fused-ring (bicyclic) bond motifs is 2. The van der Waals surface area contributed by atoms with Gasteiger partial charge in [-0.05, 0) is 61.4 Å². The standard InChI is InChI=1S/C32H34F2N4O7S/c1-19(36-31(40)32(2,33)34)29(20-6-7-22-16-43-18-44-28(22)14-20)45-26-8-9-27-23(13-26)15-35-38(27)25-5-3-4-21(12-25)30(39)37-24-10-11-46(41,42)17-24/h3-9,12-15,19,24,29,41-42H,10-11,16-18H2,1-2H3,(H,36,40)(H,37,39)/t19-,24?,29-/m0/s1. The van der Waals surface area contributed by atoms with E-state index in [-0.39, 0.29) is 30.2 Å². The van der Waals surface area contributed by atoms with Crippen molar-refractivity contribution in [1.29, 1.82) is 0 Å². The molecule has 46 heavy (non-hydrogen) atoms. The highest BCUT2D eigenvalue weighted by atomic mass is 32.3. The van der Waals surface area contributed by atoms with Gasteiger partial charge in [-0.2, -0.15) is 24.5 Å². The molecule has 244 valence electrons. The van der Waals surface area contributed by atoms with Gasteiger partial charge in [-0.3, -0.25) is 18.7 Å². The maximum Gasteiger partial charge on any atom is 0.321 e. The fourth-order valence-corrected chi connectivity index (χ4v) is 7.27. The first kappa shape index (κ1) is 31.7. The van der Waals surface area contributed by atoms with Crippen LogP contribution in [0.15, 0.2) is 66.9 Å². The Kier molecular flexibility index (Phi) is 8.63. The molecule has 0 aliphatic carbocycles. The van der Waals surface area contributed by atoms with Crippen molar-refractivity contribution in [1.82, 2.24) is 20.4 Å². The number of amides is 2. The Morgan fingerprint density at radius 1 is 1.15 bits per heavy atom. The van der Waals surface area contributed by atoms with Crippen LogP contribution in [0.3, 0.4) is 0 Å². The van der Waals surface area contributed by atoms with Crippen LogP contribution in [0.2, 0.25) is 0 Å². The molecule has 14 heteroatoms. The summed E-state index contributed by atoms with van der Waals surface area (Å²) in [6, 6.07) is 16.4. The van der Waals surface area contributed by atoms with Gasteiger partial charge in [0.05, 0.1) is 35.8 Å². The number of ether oxygens (including phenoxy) is 3. The maximum absolute atomic E-state index is 13.8. The number of aromatic nitrogens is 2. The SMILES string of the molecule is C[C@H](NC(=O)C(C)(F)F)[C@H](Oc1ccc2c(cnn2-c2cccc(C(=O)NC3CCS(O)(O)C3)c2)c1)c1ccc2c(c1)OCOC2. The zero-order valence-corrected chi connectivity index (χ0v) is 25.9. The quantitative estimate of drug-likeness (QED) is 0.187. The Morgan fingerprint density at radius 2 is 1.98 bits per heavy atom. The molecule has 6 rings (SSSR count). The van der Waals surface area contributed by atoms with Crippen LogP contribution in [0.25, 0.3) is 16.6 Å². The van der Waals surface area contributed by atoms with Gasteiger partial charge in [0.1, 0.15) is 17.6 Å².